The van der Waals surface area contributed by atoms with Crippen LogP contribution in [0.5, 0.6) is 11.5 Å². The number of rotatable bonds is 4. The van der Waals surface area contributed by atoms with Crippen molar-refractivity contribution in [2.24, 2.45) is 0 Å². The van der Waals surface area contributed by atoms with Crippen molar-refractivity contribution in [3.8, 4) is 11.5 Å². The summed E-state index contributed by atoms with van der Waals surface area (Å²) in [6.45, 7) is 2.70. The summed E-state index contributed by atoms with van der Waals surface area (Å²) >= 11 is 0. The first-order valence-electron chi connectivity index (χ1n) is 9.38. The molecule has 3 heterocycles. The monoisotopic (exact) mass is 394 g/mol. The summed E-state index contributed by atoms with van der Waals surface area (Å²) in [6.07, 6.45) is 5.36. The lowest BCUT2D eigenvalue weighted by atomic mass is 10.2. The predicted octanol–water partition coefficient (Wildman–Crippen LogP) is 1.79. The molecule has 1 aromatic carbocycles. The van der Waals surface area contributed by atoms with E-state index in [0.29, 0.717) is 36.8 Å². The molecule has 1 saturated heterocycles. The maximum atomic E-state index is 12.7. The third kappa shape index (κ3) is 3.75. The van der Waals surface area contributed by atoms with Gasteiger partial charge >= 0.3 is 0 Å². The number of ether oxygens (including phenoxy) is 2. The molecule has 0 N–H and O–H groups in total. The molecule has 150 valence electrons. The van der Waals surface area contributed by atoms with Crippen LogP contribution < -0.4 is 14.4 Å². The van der Waals surface area contributed by atoms with Gasteiger partial charge in [0, 0.05) is 43.8 Å². The molecular formula is C20H22N6O3. The number of methoxy groups -OCH3 is 2. The van der Waals surface area contributed by atoms with Crippen molar-refractivity contribution < 1.29 is 14.3 Å². The minimum Gasteiger partial charge on any atom is -0.493 e. The zero-order valence-corrected chi connectivity index (χ0v) is 16.4. The molecule has 1 aliphatic heterocycles. The van der Waals surface area contributed by atoms with Crippen LogP contribution >= 0.6 is 0 Å². The summed E-state index contributed by atoms with van der Waals surface area (Å²) in [5.74, 6) is 2.01. The van der Waals surface area contributed by atoms with Gasteiger partial charge in [-0.05, 0) is 18.6 Å². The first kappa shape index (κ1) is 18.9. The Labute approximate surface area is 168 Å². The summed E-state index contributed by atoms with van der Waals surface area (Å²) in [7, 11) is 3.21. The average Bonchev–Trinajstić information content (AvgIpc) is 3.04. The zero-order chi connectivity index (χ0) is 20.2. The van der Waals surface area contributed by atoms with E-state index in [1.807, 2.05) is 17.0 Å². The fraction of sp³-hybridized carbons (Fsp3) is 0.350. The lowest BCUT2D eigenvalue weighted by Crippen LogP contribution is -2.35. The molecule has 0 unspecified atom stereocenters. The van der Waals surface area contributed by atoms with Gasteiger partial charge < -0.3 is 19.3 Å². The predicted molar refractivity (Wildman–Crippen MR) is 107 cm³/mol. The SMILES string of the molecule is COc1cc2ncnc(N3CCCN(C(=O)c4ccncn4)CC3)c2cc1OC. The second kappa shape index (κ2) is 8.26. The molecule has 9 heteroatoms. The molecule has 9 nitrogen and oxygen atoms in total. The molecule has 29 heavy (non-hydrogen) atoms. The molecule has 0 saturated carbocycles. The average molecular weight is 394 g/mol. The maximum Gasteiger partial charge on any atom is 0.272 e. The van der Waals surface area contributed by atoms with Gasteiger partial charge in [0.2, 0.25) is 0 Å². The van der Waals surface area contributed by atoms with Crippen molar-refractivity contribution in [2.45, 2.75) is 6.42 Å². The van der Waals surface area contributed by atoms with E-state index in [-0.39, 0.29) is 5.91 Å². The van der Waals surface area contributed by atoms with E-state index in [0.717, 1.165) is 29.7 Å². The summed E-state index contributed by atoms with van der Waals surface area (Å²) in [4.78, 5) is 33.6. The summed E-state index contributed by atoms with van der Waals surface area (Å²) in [6, 6.07) is 5.39. The topological polar surface area (TPSA) is 93.6 Å². The van der Waals surface area contributed by atoms with Crippen LogP contribution in [0.15, 0.2) is 37.1 Å². The Morgan fingerprint density at radius 2 is 1.79 bits per heavy atom. The van der Waals surface area contributed by atoms with E-state index in [1.165, 1.54) is 6.33 Å². The second-order valence-electron chi connectivity index (χ2n) is 6.65. The number of fused-ring (bicyclic) bond motifs is 1. The highest BCUT2D eigenvalue weighted by atomic mass is 16.5. The molecule has 0 atom stereocenters. The van der Waals surface area contributed by atoms with Gasteiger partial charge in [0.1, 0.15) is 24.2 Å². The van der Waals surface area contributed by atoms with Crippen LogP contribution in [0.2, 0.25) is 0 Å². The highest BCUT2D eigenvalue weighted by Gasteiger charge is 2.23. The third-order valence-electron chi connectivity index (χ3n) is 5.00. The Hall–Kier alpha value is -3.49. The summed E-state index contributed by atoms with van der Waals surface area (Å²) < 4.78 is 10.8. The first-order chi connectivity index (χ1) is 14.2. The molecule has 2 aromatic heterocycles. The van der Waals surface area contributed by atoms with Crippen molar-refractivity contribution in [2.75, 3.05) is 45.3 Å². The van der Waals surface area contributed by atoms with Gasteiger partial charge in [0.15, 0.2) is 11.5 Å². The van der Waals surface area contributed by atoms with Crippen molar-refractivity contribution >= 4 is 22.6 Å². The lowest BCUT2D eigenvalue weighted by Gasteiger charge is -2.24. The van der Waals surface area contributed by atoms with Gasteiger partial charge in [-0.3, -0.25) is 4.79 Å². The molecular weight excluding hydrogens is 372 g/mol. The minimum absolute atomic E-state index is 0.0757. The summed E-state index contributed by atoms with van der Waals surface area (Å²) in [5.41, 5.74) is 1.20. The normalized spacial score (nSPS) is 14.6. The molecule has 4 rings (SSSR count). The molecule has 1 fully saturated rings. The van der Waals surface area contributed by atoms with E-state index in [9.17, 15) is 4.79 Å². The van der Waals surface area contributed by atoms with Crippen LogP contribution in [-0.4, -0.2) is 71.1 Å². The smallest absolute Gasteiger partial charge is 0.272 e. The van der Waals surface area contributed by atoms with Crippen molar-refractivity contribution in [3.63, 3.8) is 0 Å². The number of hydrogen-bond acceptors (Lipinski definition) is 8. The summed E-state index contributed by atoms with van der Waals surface area (Å²) in [5, 5.41) is 0.890. The Bertz CT molecular complexity index is 1010. The fourth-order valence-corrected chi connectivity index (χ4v) is 3.53. The first-order valence-corrected chi connectivity index (χ1v) is 9.38. The van der Waals surface area contributed by atoms with Crippen molar-refractivity contribution in [3.05, 3.63) is 42.7 Å². The van der Waals surface area contributed by atoms with Crippen LogP contribution in [0.3, 0.4) is 0 Å². The Balaban J connectivity index is 1.59. The van der Waals surface area contributed by atoms with E-state index in [4.69, 9.17) is 9.47 Å². The van der Waals surface area contributed by atoms with Gasteiger partial charge in [0.05, 0.1) is 19.7 Å². The van der Waals surface area contributed by atoms with Gasteiger partial charge in [-0.1, -0.05) is 0 Å². The highest BCUT2D eigenvalue weighted by Crippen LogP contribution is 2.34. The number of nitrogens with zero attached hydrogens (tertiary/aromatic N) is 6. The largest absolute Gasteiger partial charge is 0.493 e. The maximum absolute atomic E-state index is 12.7. The second-order valence-corrected chi connectivity index (χ2v) is 6.65. The number of amides is 1. The van der Waals surface area contributed by atoms with E-state index >= 15 is 0 Å². The van der Waals surface area contributed by atoms with Crippen LogP contribution in [0.25, 0.3) is 10.9 Å². The number of carbonyl (C=O) groups is 1. The third-order valence-corrected chi connectivity index (χ3v) is 5.00. The Morgan fingerprint density at radius 3 is 2.55 bits per heavy atom. The number of anilines is 1. The van der Waals surface area contributed by atoms with E-state index in [1.54, 1.807) is 32.8 Å². The van der Waals surface area contributed by atoms with Gasteiger partial charge in [-0.25, -0.2) is 19.9 Å². The Kier molecular flexibility index (Phi) is 5.37. The molecule has 0 radical (unpaired) electrons. The molecule has 0 bridgehead atoms. The van der Waals surface area contributed by atoms with Crippen molar-refractivity contribution in [1.29, 1.82) is 0 Å². The van der Waals surface area contributed by atoms with E-state index in [2.05, 4.69) is 24.8 Å². The zero-order valence-electron chi connectivity index (χ0n) is 16.4. The number of carbonyl (C=O) groups excluding carboxylic acids is 1. The molecule has 1 amide bonds. The quantitative estimate of drug-likeness (QED) is 0.661. The fourth-order valence-electron chi connectivity index (χ4n) is 3.53. The van der Waals surface area contributed by atoms with Gasteiger partial charge in [-0.15, -0.1) is 0 Å². The highest BCUT2D eigenvalue weighted by molar-refractivity contribution is 5.93. The number of hydrogen-bond donors (Lipinski definition) is 0. The van der Waals surface area contributed by atoms with Crippen LogP contribution in [0, 0.1) is 0 Å². The van der Waals surface area contributed by atoms with Gasteiger partial charge in [0.25, 0.3) is 5.91 Å². The Morgan fingerprint density at radius 1 is 0.966 bits per heavy atom. The lowest BCUT2D eigenvalue weighted by molar-refractivity contribution is 0.0761. The molecule has 3 aromatic rings. The standard InChI is InChI=1S/C20H22N6O3/c1-28-17-10-14-16(11-18(17)29-2)23-13-24-19(14)25-6-3-7-26(9-8-25)20(27)15-4-5-21-12-22-15/h4-5,10-13H,3,6-9H2,1-2H3. The van der Waals surface area contributed by atoms with E-state index < -0.39 is 0 Å². The molecule has 0 spiro atoms. The number of benzene rings is 1. The van der Waals surface area contributed by atoms with Gasteiger partial charge in [-0.2, -0.15) is 0 Å². The molecule has 0 aliphatic carbocycles. The van der Waals surface area contributed by atoms with Crippen LogP contribution in [0.4, 0.5) is 5.82 Å². The van der Waals surface area contributed by atoms with Crippen LogP contribution in [-0.2, 0) is 0 Å². The molecule has 1 aliphatic rings. The minimum atomic E-state index is -0.0757. The van der Waals surface area contributed by atoms with Crippen LogP contribution in [0.1, 0.15) is 16.9 Å². The number of aromatic nitrogens is 4. The van der Waals surface area contributed by atoms with Crippen molar-refractivity contribution in [1.82, 2.24) is 24.8 Å².